The van der Waals surface area contributed by atoms with Gasteiger partial charge in [-0.3, -0.25) is 4.98 Å². The predicted molar refractivity (Wildman–Crippen MR) is 57.3 cm³/mol. The molecule has 0 spiro atoms. The summed E-state index contributed by atoms with van der Waals surface area (Å²) in [6, 6.07) is 3.16. The number of alkyl halides is 1. The molecule has 1 aliphatic rings. The van der Waals surface area contributed by atoms with Gasteiger partial charge < -0.3 is 4.74 Å². The van der Waals surface area contributed by atoms with E-state index in [-0.39, 0.29) is 12.0 Å². The average molecular weight is 221 g/mol. The van der Waals surface area contributed by atoms with Gasteiger partial charge in [-0.1, -0.05) is 12.6 Å². The van der Waals surface area contributed by atoms with E-state index in [9.17, 15) is 9.18 Å². The molecular weight excluding hydrogens is 209 g/mol. The number of allylic oxidation sites excluding steroid dienone is 1. The van der Waals surface area contributed by atoms with Gasteiger partial charge in [-0.15, -0.1) is 0 Å². The first-order valence-electron chi connectivity index (χ1n) is 5.00. The quantitative estimate of drug-likeness (QED) is 0.682. The molecule has 1 heterocycles. The summed E-state index contributed by atoms with van der Waals surface area (Å²) in [5, 5.41) is 0. The molecule has 4 heteroatoms. The fraction of sp³-hybridized carbons (Fsp3) is 0.333. The summed E-state index contributed by atoms with van der Waals surface area (Å²) < 4.78 is 19.1. The van der Waals surface area contributed by atoms with Crippen LogP contribution in [0.1, 0.15) is 24.1 Å². The van der Waals surface area contributed by atoms with Gasteiger partial charge in [0.05, 0.1) is 12.8 Å². The minimum Gasteiger partial charge on any atom is -0.466 e. The molecule has 0 radical (unpaired) electrons. The summed E-state index contributed by atoms with van der Waals surface area (Å²) in [5.74, 6) is -0.866. The SMILES string of the molecule is C=C1CCC(F)(C(=O)OC)c2cccnc21. The average Bonchev–Trinajstić information content (AvgIpc) is 2.33. The van der Waals surface area contributed by atoms with E-state index in [1.807, 2.05) is 0 Å². The van der Waals surface area contributed by atoms with Crippen molar-refractivity contribution in [2.45, 2.75) is 18.5 Å². The van der Waals surface area contributed by atoms with Gasteiger partial charge >= 0.3 is 5.97 Å². The number of ether oxygens (including phenoxy) is 1. The van der Waals surface area contributed by atoms with Crippen molar-refractivity contribution >= 4 is 11.5 Å². The first kappa shape index (κ1) is 10.8. The second-order valence-electron chi connectivity index (χ2n) is 3.80. The van der Waals surface area contributed by atoms with E-state index in [0.29, 0.717) is 12.1 Å². The summed E-state index contributed by atoms with van der Waals surface area (Å²) in [6.07, 6.45) is 2.04. The Morgan fingerprint density at radius 3 is 3.12 bits per heavy atom. The lowest BCUT2D eigenvalue weighted by Gasteiger charge is -2.29. The second kappa shape index (κ2) is 3.70. The molecule has 0 amide bonds. The molecule has 1 unspecified atom stereocenters. The van der Waals surface area contributed by atoms with Crippen LogP contribution in [0.2, 0.25) is 0 Å². The number of nitrogens with zero attached hydrogens (tertiary/aromatic N) is 1. The molecule has 16 heavy (non-hydrogen) atoms. The topological polar surface area (TPSA) is 39.2 Å². The fourth-order valence-corrected chi connectivity index (χ4v) is 1.96. The number of carbonyl (C=O) groups excluding carboxylic acids is 1. The lowest BCUT2D eigenvalue weighted by atomic mass is 9.81. The van der Waals surface area contributed by atoms with Crippen LogP contribution in [0.15, 0.2) is 24.9 Å². The zero-order valence-corrected chi connectivity index (χ0v) is 9.00. The number of fused-ring (bicyclic) bond motifs is 1. The number of rotatable bonds is 1. The number of halogens is 1. The van der Waals surface area contributed by atoms with Gasteiger partial charge in [0.1, 0.15) is 0 Å². The molecule has 0 fully saturated rings. The molecule has 0 saturated heterocycles. The first-order valence-corrected chi connectivity index (χ1v) is 5.00. The van der Waals surface area contributed by atoms with Crippen molar-refractivity contribution in [3.63, 3.8) is 0 Å². The number of carbonyl (C=O) groups is 1. The maximum atomic E-state index is 14.6. The van der Waals surface area contributed by atoms with Crippen molar-refractivity contribution < 1.29 is 13.9 Å². The number of methoxy groups -OCH3 is 1. The first-order chi connectivity index (χ1) is 7.59. The van der Waals surface area contributed by atoms with Gasteiger partial charge in [0, 0.05) is 18.2 Å². The number of pyridine rings is 1. The van der Waals surface area contributed by atoms with E-state index in [1.54, 1.807) is 18.3 Å². The fourth-order valence-electron chi connectivity index (χ4n) is 1.96. The molecule has 0 aromatic carbocycles. The Bertz CT molecular complexity index is 458. The minimum atomic E-state index is -2.08. The van der Waals surface area contributed by atoms with Crippen LogP contribution >= 0.6 is 0 Å². The van der Waals surface area contributed by atoms with Gasteiger partial charge in [0.25, 0.3) is 0 Å². The lowest BCUT2D eigenvalue weighted by Crippen LogP contribution is -2.35. The normalized spacial score (nSPS) is 23.8. The smallest absolute Gasteiger partial charge is 0.348 e. The second-order valence-corrected chi connectivity index (χ2v) is 3.80. The van der Waals surface area contributed by atoms with E-state index in [4.69, 9.17) is 0 Å². The maximum Gasteiger partial charge on any atom is 0.348 e. The number of hydrogen-bond donors (Lipinski definition) is 0. The van der Waals surface area contributed by atoms with Crippen molar-refractivity contribution in [2.24, 2.45) is 0 Å². The third kappa shape index (κ3) is 1.41. The molecule has 84 valence electrons. The Balaban J connectivity index is 2.57. The summed E-state index contributed by atoms with van der Waals surface area (Å²) in [7, 11) is 1.18. The zero-order chi connectivity index (χ0) is 11.8. The van der Waals surface area contributed by atoms with Crippen LogP contribution < -0.4 is 0 Å². The standard InChI is InChI=1S/C12H12FNO2/c1-8-5-6-12(13,11(15)16-2)9-4-3-7-14-10(8)9/h3-4,7H,1,5-6H2,2H3. The molecule has 1 aromatic rings. The molecule has 1 atom stereocenters. The van der Waals surface area contributed by atoms with E-state index in [0.717, 1.165) is 5.57 Å². The van der Waals surface area contributed by atoms with Gasteiger partial charge in [0.15, 0.2) is 0 Å². The van der Waals surface area contributed by atoms with Gasteiger partial charge in [0.2, 0.25) is 5.67 Å². The molecule has 3 nitrogen and oxygen atoms in total. The van der Waals surface area contributed by atoms with E-state index >= 15 is 0 Å². The van der Waals surface area contributed by atoms with Crippen molar-refractivity contribution in [3.8, 4) is 0 Å². The largest absolute Gasteiger partial charge is 0.466 e. The maximum absolute atomic E-state index is 14.6. The van der Waals surface area contributed by atoms with E-state index in [2.05, 4.69) is 16.3 Å². The summed E-state index contributed by atoms with van der Waals surface area (Å²) >= 11 is 0. The predicted octanol–water partition coefficient (Wildman–Crippen LogP) is 2.23. The van der Waals surface area contributed by atoms with Gasteiger partial charge in [-0.25, -0.2) is 9.18 Å². The third-order valence-corrected chi connectivity index (χ3v) is 2.85. The Labute approximate surface area is 93.0 Å². The lowest BCUT2D eigenvalue weighted by molar-refractivity contribution is -0.156. The molecule has 0 N–H and O–H groups in total. The van der Waals surface area contributed by atoms with Gasteiger partial charge in [-0.2, -0.15) is 0 Å². The highest BCUT2D eigenvalue weighted by Crippen LogP contribution is 2.42. The molecule has 1 aliphatic carbocycles. The Morgan fingerprint density at radius 1 is 1.69 bits per heavy atom. The van der Waals surface area contributed by atoms with Crippen LogP contribution in [0.3, 0.4) is 0 Å². The Hall–Kier alpha value is -1.71. The van der Waals surface area contributed by atoms with Crippen LogP contribution in [0.4, 0.5) is 4.39 Å². The highest BCUT2D eigenvalue weighted by molar-refractivity contribution is 5.85. The highest BCUT2D eigenvalue weighted by Gasteiger charge is 2.46. The molecule has 1 aromatic heterocycles. The van der Waals surface area contributed by atoms with Crippen LogP contribution in [0.5, 0.6) is 0 Å². The Morgan fingerprint density at radius 2 is 2.44 bits per heavy atom. The number of aromatic nitrogens is 1. The van der Waals surface area contributed by atoms with Crippen molar-refractivity contribution in [1.82, 2.24) is 4.98 Å². The molecule has 0 saturated carbocycles. The minimum absolute atomic E-state index is 0.0667. The zero-order valence-electron chi connectivity index (χ0n) is 9.00. The highest BCUT2D eigenvalue weighted by atomic mass is 19.1. The summed E-state index contributed by atoms with van der Waals surface area (Å²) in [6.45, 7) is 3.82. The van der Waals surface area contributed by atoms with Crippen LogP contribution in [-0.2, 0) is 15.2 Å². The van der Waals surface area contributed by atoms with Crippen molar-refractivity contribution in [2.75, 3.05) is 7.11 Å². The van der Waals surface area contributed by atoms with Crippen LogP contribution in [-0.4, -0.2) is 18.1 Å². The molecule has 0 aliphatic heterocycles. The Kier molecular flexibility index (Phi) is 2.50. The molecule has 0 bridgehead atoms. The third-order valence-electron chi connectivity index (χ3n) is 2.85. The molecular formula is C12H12FNO2. The summed E-state index contributed by atoms with van der Waals surface area (Å²) in [5.41, 5.74) is -0.591. The number of esters is 1. The van der Waals surface area contributed by atoms with E-state index in [1.165, 1.54) is 7.11 Å². The number of hydrogen-bond acceptors (Lipinski definition) is 3. The van der Waals surface area contributed by atoms with Crippen LogP contribution in [0, 0.1) is 0 Å². The van der Waals surface area contributed by atoms with Crippen molar-refractivity contribution in [1.29, 1.82) is 0 Å². The summed E-state index contributed by atoms with van der Waals surface area (Å²) in [4.78, 5) is 15.6. The van der Waals surface area contributed by atoms with Crippen LogP contribution in [0.25, 0.3) is 5.57 Å². The monoisotopic (exact) mass is 221 g/mol. The van der Waals surface area contributed by atoms with Crippen molar-refractivity contribution in [3.05, 3.63) is 36.2 Å². The van der Waals surface area contributed by atoms with Gasteiger partial charge in [-0.05, 0) is 18.1 Å². The van der Waals surface area contributed by atoms with E-state index < -0.39 is 11.6 Å². The molecule has 2 rings (SSSR count).